The molecule has 27 heteroatoms. The highest BCUT2D eigenvalue weighted by Gasteiger charge is 2.41. The van der Waals surface area contributed by atoms with E-state index in [-0.39, 0.29) is 69.2 Å². The molecule has 11 atom stereocenters. The smallest absolute Gasteiger partial charge is 0.326 e. The van der Waals surface area contributed by atoms with E-state index in [0.717, 1.165) is 11.8 Å². The highest BCUT2D eigenvalue weighted by Crippen LogP contribution is 2.20. The van der Waals surface area contributed by atoms with Crippen LogP contribution in [0.4, 0.5) is 0 Å². The Bertz CT molecular complexity index is 2080. The van der Waals surface area contributed by atoms with Gasteiger partial charge in [0.2, 0.25) is 47.3 Å². The molecule has 2 rings (SSSR count). The van der Waals surface area contributed by atoms with Gasteiger partial charge in [0.1, 0.15) is 54.1 Å². The first-order chi connectivity index (χ1) is 34.9. The van der Waals surface area contributed by atoms with Gasteiger partial charge in [0.05, 0.1) is 25.4 Å². The van der Waals surface area contributed by atoms with Crippen molar-refractivity contribution in [2.45, 2.75) is 146 Å². The molecule has 1 aromatic carbocycles. The van der Waals surface area contributed by atoms with Crippen molar-refractivity contribution in [2.75, 3.05) is 38.3 Å². The van der Waals surface area contributed by atoms with Crippen LogP contribution in [0, 0.1) is 11.8 Å². The van der Waals surface area contributed by atoms with Crippen molar-refractivity contribution < 1.29 is 68.7 Å². The molecule has 0 spiro atoms. The van der Waals surface area contributed by atoms with Crippen LogP contribution < -0.4 is 54.4 Å². The van der Waals surface area contributed by atoms with Gasteiger partial charge in [0.15, 0.2) is 5.96 Å². The zero-order valence-electron chi connectivity index (χ0n) is 42.9. The third-order valence-electron chi connectivity index (χ3n) is 12.2. The summed E-state index contributed by atoms with van der Waals surface area (Å²) in [7, 11) is 0. The van der Waals surface area contributed by atoms with E-state index in [1.165, 1.54) is 36.0 Å². The molecule has 18 N–H and O–H groups in total. The molecule has 26 nitrogen and oxygen atoms in total. The van der Waals surface area contributed by atoms with E-state index in [9.17, 15) is 68.7 Å². The van der Waals surface area contributed by atoms with Gasteiger partial charge in [-0.05, 0) is 87.0 Å². The van der Waals surface area contributed by atoms with E-state index in [0.29, 0.717) is 24.2 Å². The minimum atomic E-state index is -1.77. The summed E-state index contributed by atoms with van der Waals surface area (Å²) in [5.74, 6) is -8.86. The second kappa shape index (κ2) is 32.1. The number of aliphatic hydroxyl groups excluding tert-OH is 3. The summed E-state index contributed by atoms with van der Waals surface area (Å²) in [5.41, 5.74) is 17.3. The largest absolute Gasteiger partial charge is 0.508 e. The zero-order chi connectivity index (χ0) is 55.8. The number of amides is 8. The summed E-state index contributed by atoms with van der Waals surface area (Å²) >= 11 is 1.39. The van der Waals surface area contributed by atoms with E-state index in [2.05, 4.69) is 42.2 Å². The molecule has 416 valence electrons. The van der Waals surface area contributed by atoms with Crippen molar-refractivity contribution in [3.63, 3.8) is 0 Å². The van der Waals surface area contributed by atoms with Gasteiger partial charge in [-0.2, -0.15) is 11.8 Å². The Hall–Kier alpha value is -6.29. The molecule has 1 heterocycles. The number of hydrogen-bond acceptors (Lipinski definition) is 16. The Kier molecular flexibility index (Phi) is 27.7. The number of nitrogens with zero attached hydrogens (tertiary/aromatic N) is 2. The number of nitrogens with one attached hydrogen (secondary N) is 7. The molecule has 1 aliphatic rings. The van der Waals surface area contributed by atoms with Crippen LogP contribution in [0.15, 0.2) is 29.3 Å². The van der Waals surface area contributed by atoms with E-state index in [1.807, 2.05) is 0 Å². The quantitative estimate of drug-likeness (QED) is 0.0186. The molecule has 0 saturated carbocycles. The Balaban J connectivity index is 2.28. The number of aromatic hydroxyl groups is 1. The predicted octanol–water partition coefficient (Wildman–Crippen LogP) is -4.00. The number of rotatable bonds is 32. The first-order valence-corrected chi connectivity index (χ1v) is 25.9. The molecular weight excluding hydrogens is 989 g/mol. The van der Waals surface area contributed by atoms with Crippen LogP contribution in [0.5, 0.6) is 5.75 Å². The monoisotopic (exact) mass is 1070 g/mol. The van der Waals surface area contributed by atoms with Crippen LogP contribution in [0.25, 0.3) is 0 Å². The predicted molar refractivity (Wildman–Crippen MR) is 273 cm³/mol. The number of phenolic OH excluding ortho intramolecular Hbond substituents is 1. The Morgan fingerprint density at radius 1 is 0.743 bits per heavy atom. The second-order valence-corrected chi connectivity index (χ2v) is 19.6. The van der Waals surface area contributed by atoms with E-state index < -0.39 is 133 Å². The number of aliphatic carboxylic acids is 1. The number of carboxylic acids is 1. The third kappa shape index (κ3) is 20.9. The molecule has 1 saturated heterocycles. The van der Waals surface area contributed by atoms with Gasteiger partial charge in [0, 0.05) is 19.5 Å². The molecule has 0 radical (unpaired) electrons. The Labute approximate surface area is 434 Å². The number of carbonyl (C=O) groups excluding carboxylic acids is 8. The molecule has 0 bridgehead atoms. The molecule has 0 unspecified atom stereocenters. The molecule has 0 aliphatic carbocycles. The SMILES string of the molecule is CC[C@H](C)[C@H](NC(=O)[C@H](CO)NC(=O)[C@@H](NC(=O)[C@@H]1CCCN1C(=O)[C@H](CO)NC(=O)[C@H](Cc1ccc(O)cc1)NC(=O)[C@H](CCSC)NC(=O)[C@@H](N)CCCN=C(N)N)[C@@H](C)O)C(=O)N[C@@H](CC(C)C)C(=O)O. The first-order valence-electron chi connectivity index (χ1n) is 24.5. The number of thioether (sulfide) groups is 1. The summed E-state index contributed by atoms with van der Waals surface area (Å²) in [6.07, 6.45) is 1.44. The zero-order valence-corrected chi connectivity index (χ0v) is 43.7. The van der Waals surface area contributed by atoms with Gasteiger partial charge >= 0.3 is 5.97 Å². The van der Waals surface area contributed by atoms with Crippen LogP contribution in [0.2, 0.25) is 0 Å². The van der Waals surface area contributed by atoms with Crippen molar-refractivity contribution in [2.24, 2.45) is 34.0 Å². The van der Waals surface area contributed by atoms with Crippen LogP contribution in [0.3, 0.4) is 0 Å². The minimum absolute atomic E-state index is 0.0427. The summed E-state index contributed by atoms with van der Waals surface area (Å²) in [6.45, 7) is 6.28. The van der Waals surface area contributed by atoms with Crippen LogP contribution in [-0.2, 0) is 49.6 Å². The van der Waals surface area contributed by atoms with Gasteiger partial charge in [-0.1, -0.05) is 46.2 Å². The summed E-state index contributed by atoms with van der Waals surface area (Å²) < 4.78 is 0. The number of aliphatic hydroxyl groups is 3. The normalized spacial score (nSPS) is 17.3. The molecule has 1 aliphatic heterocycles. The lowest BCUT2D eigenvalue weighted by molar-refractivity contribution is -0.144. The minimum Gasteiger partial charge on any atom is -0.508 e. The lowest BCUT2D eigenvalue weighted by atomic mass is 9.96. The van der Waals surface area contributed by atoms with Crippen LogP contribution >= 0.6 is 11.8 Å². The standard InChI is InChI=1S/C47H78N12O14S/c1-7-25(4)36(43(69)54-32(46(72)73)20-24(2)3)57-41(67)33(22-60)55-44(70)37(26(5)62)58-42(68)35-11-9-18-59(35)45(71)34(23-61)56-40(66)31(21-27-12-14-28(63)15-13-27)53-39(65)30(16-19-74-6)52-38(64)29(48)10-8-17-51-47(49)50/h12-15,24-26,29-37,60-63H,7-11,16-23,48H2,1-6H3,(H,52,64)(H,53,65)(H,54,69)(H,55,70)(H,56,66)(H,57,67)(H,58,68)(H,72,73)(H4,49,50,51)/t25-,26+,29-,30-,31-,32-,33-,34-,35-,36-,37-/m0/s1. The van der Waals surface area contributed by atoms with Crippen molar-refractivity contribution in [3.05, 3.63) is 29.8 Å². The summed E-state index contributed by atoms with van der Waals surface area (Å²) in [6, 6.07) is -6.92. The van der Waals surface area contributed by atoms with Gasteiger partial charge < -0.3 is 84.9 Å². The summed E-state index contributed by atoms with van der Waals surface area (Å²) in [5, 5.41) is 68.1. The number of hydrogen-bond donors (Lipinski definition) is 15. The van der Waals surface area contributed by atoms with Crippen molar-refractivity contribution in [1.29, 1.82) is 0 Å². The van der Waals surface area contributed by atoms with Gasteiger partial charge in [-0.15, -0.1) is 0 Å². The fourth-order valence-corrected chi connectivity index (χ4v) is 8.24. The van der Waals surface area contributed by atoms with Crippen molar-refractivity contribution in [1.82, 2.24) is 42.1 Å². The van der Waals surface area contributed by atoms with Crippen LogP contribution in [0.1, 0.15) is 85.1 Å². The number of carbonyl (C=O) groups is 9. The fraction of sp³-hybridized carbons (Fsp3) is 0.660. The average Bonchev–Trinajstić information content (AvgIpc) is 3.85. The molecule has 1 fully saturated rings. The van der Waals surface area contributed by atoms with E-state index >= 15 is 0 Å². The lowest BCUT2D eigenvalue weighted by Crippen LogP contribution is -2.62. The number of likely N-dealkylation sites (tertiary alicyclic amines) is 1. The molecule has 8 amide bonds. The average molecular weight is 1070 g/mol. The van der Waals surface area contributed by atoms with E-state index in [4.69, 9.17) is 17.2 Å². The first kappa shape index (κ1) is 63.8. The number of nitrogens with two attached hydrogens (primary N) is 3. The van der Waals surface area contributed by atoms with Crippen LogP contribution in [-0.4, -0.2) is 188 Å². The number of guanidine groups is 1. The maximum absolute atomic E-state index is 14.1. The Morgan fingerprint density at radius 3 is 1.85 bits per heavy atom. The number of benzene rings is 1. The second-order valence-electron chi connectivity index (χ2n) is 18.6. The molecule has 74 heavy (non-hydrogen) atoms. The topological polar surface area (TPSA) is 433 Å². The van der Waals surface area contributed by atoms with Gasteiger partial charge in [0.25, 0.3) is 0 Å². The van der Waals surface area contributed by atoms with Gasteiger partial charge in [-0.25, -0.2) is 4.79 Å². The van der Waals surface area contributed by atoms with E-state index in [1.54, 1.807) is 34.0 Å². The maximum atomic E-state index is 14.1. The third-order valence-corrected chi connectivity index (χ3v) is 12.8. The van der Waals surface area contributed by atoms with Gasteiger partial charge in [-0.3, -0.25) is 43.3 Å². The maximum Gasteiger partial charge on any atom is 0.326 e. The number of carboxylic acid groups (broad SMARTS) is 1. The summed E-state index contributed by atoms with van der Waals surface area (Å²) in [4.78, 5) is 126. The lowest BCUT2D eigenvalue weighted by Gasteiger charge is -2.31. The molecule has 0 aromatic heterocycles. The van der Waals surface area contributed by atoms with Crippen molar-refractivity contribution >= 4 is 70.9 Å². The Morgan fingerprint density at radius 2 is 1.30 bits per heavy atom. The fourth-order valence-electron chi connectivity index (χ4n) is 7.76. The molecule has 1 aromatic rings. The molecular formula is C47H78N12O14S. The highest BCUT2D eigenvalue weighted by atomic mass is 32.2. The van der Waals surface area contributed by atoms with Crippen molar-refractivity contribution in [3.8, 4) is 5.75 Å². The number of phenols is 1. The number of aliphatic imine (C=N–C) groups is 1. The highest BCUT2D eigenvalue weighted by molar-refractivity contribution is 7.98.